The molecule has 2 N–H and O–H groups in total. The number of aliphatic hydroxyl groups is 1. The molecule has 176 valence electrons. The lowest BCUT2D eigenvalue weighted by Gasteiger charge is -2.35. The predicted octanol–water partition coefficient (Wildman–Crippen LogP) is 4.02. The minimum atomic E-state index is -4.58. The number of alkyl halides is 6. The van der Waals surface area contributed by atoms with E-state index in [9.17, 15) is 36.2 Å². The van der Waals surface area contributed by atoms with Gasteiger partial charge in [-0.3, -0.25) is 4.79 Å². The Morgan fingerprint density at radius 3 is 1.88 bits per heavy atom. The summed E-state index contributed by atoms with van der Waals surface area (Å²) in [6.45, 7) is 1.14. The summed E-state index contributed by atoms with van der Waals surface area (Å²) < 4.78 is 78.2. The normalized spacial score (nSPS) is 15.0. The van der Waals surface area contributed by atoms with Crippen molar-refractivity contribution >= 4 is 5.91 Å². The average molecular weight is 472 g/mol. The monoisotopic (exact) mass is 472 g/mol. The standard InChI is InChI=1S/C21H18F6N4O2/c1-13(30-18(32)14-2-4-16(5-3-14)20(22,23)24)19(33,10-31-12-28-11-29-31)15-6-8-17(9-7-15)21(25,26)27/h2-9,11-13,33H,10H2,1H3,(H,30,32). The number of rotatable bonds is 6. The van der Waals surface area contributed by atoms with Gasteiger partial charge in [-0.15, -0.1) is 0 Å². The average Bonchev–Trinajstić information content (AvgIpc) is 3.25. The number of aromatic nitrogens is 3. The number of nitrogens with zero attached hydrogens (tertiary/aromatic N) is 3. The first kappa shape index (κ1) is 24.2. The van der Waals surface area contributed by atoms with E-state index in [1.807, 2.05) is 0 Å². The molecule has 3 aromatic rings. The molecular formula is C21H18F6N4O2. The number of nitrogens with one attached hydrogen (secondary N) is 1. The van der Waals surface area contributed by atoms with Crippen molar-refractivity contribution in [3.05, 3.63) is 83.4 Å². The topological polar surface area (TPSA) is 80.0 Å². The highest BCUT2D eigenvalue weighted by molar-refractivity contribution is 5.94. The Hall–Kier alpha value is -3.41. The molecule has 0 aliphatic carbocycles. The number of hydrogen-bond donors (Lipinski definition) is 2. The number of hydrogen-bond acceptors (Lipinski definition) is 4. The fourth-order valence-corrected chi connectivity index (χ4v) is 3.20. The highest BCUT2D eigenvalue weighted by atomic mass is 19.4. The molecule has 1 amide bonds. The molecule has 0 aliphatic heterocycles. The second-order valence-electron chi connectivity index (χ2n) is 7.36. The Morgan fingerprint density at radius 2 is 1.42 bits per heavy atom. The first-order valence-electron chi connectivity index (χ1n) is 9.51. The number of halogens is 6. The lowest BCUT2D eigenvalue weighted by molar-refractivity contribution is -0.138. The zero-order valence-corrected chi connectivity index (χ0v) is 17.0. The van der Waals surface area contributed by atoms with Crippen molar-refractivity contribution in [1.29, 1.82) is 0 Å². The minimum absolute atomic E-state index is 0.0613. The van der Waals surface area contributed by atoms with Gasteiger partial charge >= 0.3 is 12.4 Å². The van der Waals surface area contributed by atoms with E-state index >= 15 is 0 Å². The maximum absolute atomic E-state index is 12.9. The smallest absolute Gasteiger partial charge is 0.381 e. The largest absolute Gasteiger partial charge is 0.416 e. The maximum atomic E-state index is 12.9. The van der Waals surface area contributed by atoms with E-state index in [2.05, 4.69) is 15.4 Å². The van der Waals surface area contributed by atoms with E-state index in [0.29, 0.717) is 0 Å². The van der Waals surface area contributed by atoms with E-state index in [4.69, 9.17) is 0 Å². The van der Waals surface area contributed by atoms with Gasteiger partial charge in [-0.25, -0.2) is 9.67 Å². The molecule has 0 fully saturated rings. The first-order chi connectivity index (χ1) is 15.3. The lowest BCUT2D eigenvalue weighted by Crippen LogP contribution is -2.51. The second-order valence-corrected chi connectivity index (χ2v) is 7.36. The van der Waals surface area contributed by atoms with E-state index in [1.54, 1.807) is 0 Å². The second kappa shape index (κ2) is 8.85. The molecule has 12 heteroatoms. The van der Waals surface area contributed by atoms with Crippen LogP contribution in [-0.2, 0) is 24.5 Å². The van der Waals surface area contributed by atoms with Crippen LogP contribution in [0.15, 0.2) is 61.2 Å². The zero-order valence-electron chi connectivity index (χ0n) is 17.0. The third kappa shape index (κ3) is 5.51. The van der Waals surface area contributed by atoms with E-state index in [0.717, 1.165) is 48.5 Å². The van der Waals surface area contributed by atoms with Crippen molar-refractivity contribution in [2.75, 3.05) is 0 Å². The molecule has 0 saturated heterocycles. The van der Waals surface area contributed by atoms with Crippen LogP contribution in [-0.4, -0.2) is 31.8 Å². The predicted molar refractivity (Wildman–Crippen MR) is 104 cm³/mol. The molecule has 3 rings (SSSR count). The van der Waals surface area contributed by atoms with Crippen molar-refractivity contribution < 1.29 is 36.2 Å². The van der Waals surface area contributed by atoms with Crippen LogP contribution in [0.4, 0.5) is 26.3 Å². The molecule has 1 heterocycles. The van der Waals surface area contributed by atoms with Gasteiger partial charge in [0, 0.05) is 5.56 Å². The van der Waals surface area contributed by atoms with Crippen LogP contribution in [0, 0.1) is 0 Å². The molecule has 2 unspecified atom stereocenters. The third-order valence-electron chi connectivity index (χ3n) is 5.12. The minimum Gasteiger partial charge on any atom is -0.381 e. The summed E-state index contributed by atoms with van der Waals surface area (Å²) in [5, 5.41) is 17.8. The molecule has 1 aromatic heterocycles. The van der Waals surface area contributed by atoms with Gasteiger partial charge in [0.25, 0.3) is 5.91 Å². The SMILES string of the molecule is CC(NC(=O)c1ccc(C(F)(F)F)cc1)C(O)(Cn1cncn1)c1ccc(C(F)(F)F)cc1. The van der Waals surface area contributed by atoms with Gasteiger partial charge in [-0.1, -0.05) is 12.1 Å². The fraction of sp³-hybridized carbons (Fsp3) is 0.286. The number of carbonyl (C=O) groups excluding carboxylic acids is 1. The molecule has 0 radical (unpaired) electrons. The van der Waals surface area contributed by atoms with Crippen LogP contribution < -0.4 is 5.32 Å². The van der Waals surface area contributed by atoms with Crippen LogP contribution in [0.1, 0.15) is 34.0 Å². The van der Waals surface area contributed by atoms with Crippen LogP contribution in [0.2, 0.25) is 0 Å². The van der Waals surface area contributed by atoms with Gasteiger partial charge in [0.1, 0.15) is 18.3 Å². The first-order valence-corrected chi connectivity index (χ1v) is 9.51. The Kier molecular flexibility index (Phi) is 6.50. The van der Waals surface area contributed by atoms with Crippen LogP contribution in [0.5, 0.6) is 0 Å². The molecule has 6 nitrogen and oxygen atoms in total. The van der Waals surface area contributed by atoms with Gasteiger partial charge in [0.05, 0.1) is 23.7 Å². The van der Waals surface area contributed by atoms with Gasteiger partial charge in [-0.2, -0.15) is 31.4 Å². The van der Waals surface area contributed by atoms with Crippen molar-refractivity contribution in [3.63, 3.8) is 0 Å². The van der Waals surface area contributed by atoms with Crippen molar-refractivity contribution in [2.24, 2.45) is 0 Å². The van der Waals surface area contributed by atoms with Crippen LogP contribution in [0.3, 0.4) is 0 Å². The van der Waals surface area contributed by atoms with Crippen molar-refractivity contribution in [2.45, 2.75) is 37.5 Å². The van der Waals surface area contributed by atoms with Crippen molar-refractivity contribution in [3.8, 4) is 0 Å². The van der Waals surface area contributed by atoms with Gasteiger partial charge in [-0.05, 0) is 48.9 Å². The van der Waals surface area contributed by atoms with E-state index in [1.165, 1.54) is 24.3 Å². The van der Waals surface area contributed by atoms with E-state index in [-0.39, 0.29) is 17.7 Å². The van der Waals surface area contributed by atoms with Crippen LogP contribution >= 0.6 is 0 Å². The molecule has 2 atom stereocenters. The van der Waals surface area contributed by atoms with Gasteiger partial charge < -0.3 is 10.4 Å². The number of carbonyl (C=O) groups is 1. The Labute approximate surface area is 183 Å². The molecule has 2 aromatic carbocycles. The molecule has 0 saturated carbocycles. The van der Waals surface area contributed by atoms with Gasteiger partial charge in [0.2, 0.25) is 0 Å². The van der Waals surface area contributed by atoms with Crippen LogP contribution in [0.25, 0.3) is 0 Å². The quantitative estimate of drug-likeness (QED) is 0.532. The Bertz CT molecular complexity index is 1080. The summed E-state index contributed by atoms with van der Waals surface area (Å²) in [5.41, 5.74) is -3.81. The zero-order chi connectivity index (χ0) is 24.4. The summed E-state index contributed by atoms with van der Waals surface area (Å²) in [4.78, 5) is 16.4. The van der Waals surface area contributed by atoms with Crippen molar-refractivity contribution in [1.82, 2.24) is 20.1 Å². The Balaban J connectivity index is 1.88. The summed E-state index contributed by atoms with van der Waals surface area (Å²) in [5.74, 6) is -0.778. The highest BCUT2D eigenvalue weighted by Crippen LogP contribution is 2.33. The third-order valence-corrected chi connectivity index (χ3v) is 5.12. The molecular weight excluding hydrogens is 454 g/mol. The summed E-state index contributed by atoms with van der Waals surface area (Å²) in [6, 6.07) is 6.14. The Morgan fingerprint density at radius 1 is 0.939 bits per heavy atom. The van der Waals surface area contributed by atoms with E-state index < -0.39 is 41.0 Å². The molecule has 0 aliphatic rings. The summed E-state index contributed by atoms with van der Waals surface area (Å²) in [6.07, 6.45) is -6.67. The summed E-state index contributed by atoms with van der Waals surface area (Å²) >= 11 is 0. The fourth-order valence-electron chi connectivity index (χ4n) is 3.20. The van der Waals surface area contributed by atoms with Gasteiger partial charge in [0.15, 0.2) is 0 Å². The highest BCUT2D eigenvalue weighted by Gasteiger charge is 2.39. The maximum Gasteiger partial charge on any atom is 0.416 e. The molecule has 0 spiro atoms. The number of amides is 1. The summed E-state index contributed by atoms with van der Waals surface area (Å²) in [7, 11) is 0. The number of benzene rings is 2. The molecule has 0 bridgehead atoms. The lowest BCUT2D eigenvalue weighted by atomic mass is 9.86. The molecule has 33 heavy (non-hydrogen) atoms.